The number of aryl methyl sites for hydroxylation is 1. The van der Waals surface area contributed by atoms with E-state index in [4.69, 9.17) is 0 Å². The molecule has 0 spiro atoms. The number of hydrogen-bond acceptors (Lipinski definition) is 4. The average Bonchev–Trinajstić information content (AvgIpc) is 2.86. The fraction of sp³-hybridized carbons (Fsp3) is 0.294. The van der Waals surface area contributed by atoms with Crippen molar-refractivity contribution in [2.75, 3.05) is 12.3 Å². The Morgan fingerprint density at radius 1 is 1.32 bits per heavy atom. The fourth-order valence-electron chi connectivity index (χ4n) is 2.56. The predicted octanol–water partition coefficient (Wildman–Crippen LogP) is 3.29. The summed E-state index contributed by atoms with van der Waals surface area (Å²) in [5, 5.41) is 12.0. The van der Waals surface area contributed by atoms with Crippen LogP contribution in [0, 0.1) is 6.92 Å². The topological polar surface area (TPSA) is 48.7 Å². The Morgan fingerprint density at radius 3 is 2.73 bits per heavy atom. The van der Waals surface area contributed by atoms with Gasteiger partial charge in [0.25, 0.3) is 0 Å². The van der Waals surface area contributed by atoms with Crippen LogP contribution in [-0.4, -0.2) is 32.5 Å². The Hall–Kier alpha value is -1.85. The molecule has 1 aromatic carbocycles. The average molecular weight is 313 g/mol. The number of aliphatic hydroxyl groups is 1. The van der Waals surface area contributed by atoms with E-state index in [0.29, 0.717) is 12.3 Å². The standard InChI is InChI=1S/C17H19N3OS/c1-3-20-16(19-15-5-4-10-18-11-15)22-12-17(20,21)14-8-6-13(2)7-9-14/h4-11,21H,3,12H2,1-2H3/t17-/m0/s1. The third kappa shape index (κ3) is 2.74. The van der Waals surface area contributed by atoms with Crippen LogP contribution in [0.2, 0.25) is 0 Å². The monoisotopic (exact) mass is 313 g/mol. The van der Waals surface area contributed by atoms with E-state index in [1.165, 1.54) is 5.56 Å². The van der Waals surface area contributed by atoms with Gasteiger partial charge in [0.05, 0.1) is 17.6 Å². The second-order valence-corrected chi connectivity index (χ2v) is 6.26. The molecule has 1 atom stereocenters. The van der Waals surface area contributed by atoms with Gasteiger partial charge >= 0.3 is 0 Å². The minimum Gasteiger partial charge on any atom is -0.366 e. The van der Waals surface area contributed by atoms with Crippen LogP contribution in [-0.2, 0) is 5.72 Å². The lowest BCUT2D eigenvalue weighted by Crippen LogP contribution is -2.44. The van der Waals surface area contributed by atoms with Crippen LogP contribution in [0.5, 0.6) is 0 Å². The summed E-state index contributed by atoms with van der Waals surface area (Å²) in [4.78, 5) is 10.7. The maximum absolute atomic E-state index is 11.2. The number of pyridine rings is 1. The number of benzene rings is 1. The van der Waals surface area contributed by atoms with Crippen molar-refractivity contribution >= 4 is 22.6 Å². The van der Waals surface area contributed by atoms with E-state index in [9.17, 15) is 5.11 Å². The Labute approximate surface area is 134 Å². The van der Waals surface area contributed by atoms with E-state index in [0.717, 1.165) is 16.4 Å². The Balaban J connectivity index is 1.95. The molecule has 2 aromatic rings. The first kappa shape index (κ1) is 15.1. The van der Waals surface area contributed by atoms with E-state index in [-0.39, 0.29) is 0 Å². The molecule has 1 aromatic heterocycles. The summed E-state index contributed by atoms with van der Waals surface area (Å²) in [5.41, 5.74) is 1.89. The van der Waals surface area contributed by atoms with Gasteiger partial charge in [-0.2, -0.15) is 0 Å². The molecule has 114 valence electrons. The zero-order chi connectivity index (χ0) is 15.6. The van der Waals surface area contributed by atoms with E-state index >= 15 is 0 Å². The van der Waals surface area contributed by atoms with Crippen molar-refractivity contribution in [1.29, 1.82) is 0 Å². The Kier molecular flexibility index (Phi) is 4.18. The van der Waals surface area contributed by atoms with Crippen molar-refractivity contribution in [3.05, 3.63) is 59.9 Å². The van der Waals surface area contributed by atoms with Crippen LogP contribution in [0.3, 0.4) is 0 Å². The minimum atomic E-state index is -1.01. The zero-order valence-corrected chi connectivity index (χ0v) is 13.5. The van der Waals surface area contributed by atoms with Gasteiger partial charge in [0.2, 0.25) is 0 Å². The lowest BCUT2D eigenvalue weighted by atomic mass is 10.0. The van der Waals surface area contributed by atoms with Crippen molar-refractivity contribution in [2.45, 2.75) is 19.6 Å². The summed E-state index contributed by atoms with van der Waals surface area (Å²) >= 11 is 1.57. The van der Waals surface area contributed by atoms with Crippen LogP contribution >= 0.6 is 11.8 Å². The number of aliphatic imine (C=N–C) groups is 1. The summed E-state index contributed by atoms with van der Waals surface area (Å²) in [7, 11) is 0. The van der Waals surface area contributed by atoms with Crippen LogP contribution in [0.25, 0.3) is 0 Å². The zero-order valence-electron chi connectivity index (χ0n) is 12.7. The number of aromatic nitrogens is 1. The third-order valence-electron chi connectivity index (χ3n) is 3.78. The predicted molar refractivity (Wildman–Crippen MR) is 91.2 cm³/mol. The Bertz CT molecular complexity index is 672. The molecular weight excluding hydrogens is 294 g/mol. The maximum Gasteiger partial charge on any atom is 0.175 e. The van der Waals surface area contributed by atoms with Gasteiger partial charge < -0.3 is 10.0 Å². The number of nitrogens with zero attached hydrogens (tertiary/aromatic N) is 3. The molecule has 3 rings (SSSR count). The minimum absolute atomic E-state index is 0.572. The highest BCUT2D eigenvalue weighted by atomic mass is 32.2. The highest BCUT2D eigenvalue weighted by molar-refractivity contribution is 8.14. The van der Waals surface area contributed by atoms with Crippen LogP contribution < -0.4 is 0 Å². The largest absolute Gasteiger partial charge is 0.366 e. The van der Waals surface area contributed by atoms with Crippen molar-refractivity contribution in [2.24, 2.45) is 4.99 Å². The highest BCUT2D eigenvalue weighted by Crippen LogP contribution is 2.39. The fourth-order valence-corrected chi connectivity index (χ4v) is 3.82. The van der Waals surface area contributed by atoms with Crippen LogP contribution in [0.1, 0.15) is 18.1 Å². The van der Waals surface area contributed by atoms with Crippen molar-refractivity contribution in [1.82, 2.24) is 9.88 Å². The molecule has 2 heterocycles. The molecule has 0 bridgehead atoms. The Morgan fingerprint density at radius 2 is 2.09 bits per heavy atom. The highest BCUT2D eigenvalue weighted by Gasteiger charge is 2.43. The van der Waals surface area contributed by atoms with Gasteiger partial charge in [0.1, 0.15) is 0 Å². The summed E-state index contributed by atoms with van der Waals surface area (Å²) in [6.45, 7) is 4.77. The van der Waals surface area contributed by atoms with Crippen LogP contribution in [0.4, 0.5) is 5.69 Å². The van der Waals surface area contributed by atoms with Gasteiger partial charge in [-0.15, -0.1) is 0 Å². The number of thioether (sulfide) groups is 1. The van der Waals surface area contributed by atoms with Gasteiger partial charge in [-0.25, -0.2) is 4.99 Å². The van der Waals surface area contributed by atoms with Gasteiger partial charge in [-0.05, 0) is 26.0 Å². The second kappa shape index (κ2) is 6.10. The molecule has 5 heteroatoms. The van der Waals surface area contributed by atoms with Gasteiger partial charge in [-0.1, -0.05) is 41.6 Å². The van der Waals surface area contributed by atoms with E-state index in [1.54, 1.807) is 24.2 Å². The lowest BCUT2D eigenvalue weighted by molar-refractivity contribution is -0.0452. The summed E-state index contributed by atoms with van der Waals surface area (Å²) in [6, 6.07) is 11.8. The molecular formula is C17H19N3OS. The molecule has 1 aliphatic heterocycles. The first-order valence-corrected chi connectivity index (χ1v) is 8.31. The smallest absolute Gasteiger partial charge is 0.175 e. The summed E-state index contributed by atoms with van der Waals surface area (Å²) in [5.74, 6) is 0.572. The number of amidine groups is 1. The first-order chi connectivity index (χ1) is 10.6. The molecule has 1 N–H and O–H groups in total. The summed E-state index contributed by atoms with van der Waals surface area (Å²) < 4.78 is 0. The van der Waals surface area contributed by atoms with E-state index < -0.39 is 5.72 Å². The molecule has 0 aliphatic carbocycles. The lowest BCUT2D eigenvalue weighted by Gasteiger charge is -2.33. The van der Waals surface area contributed by atoms with Crippen LogP contribution in [0.15, 0.2) is 53.8 Å². The van der Waals surface area contributed by atoms with Gasteiger partial charge in [0, 0.05) is 18.3 Å². The molecule has 0 radical (unpaired) electrons. The van der Waals surface area contributed by atoms with E-state index in [2.05, 4.69) is 9.98 Å². The second-order valence-electron chi connectivity index (χ2n) is 5.32. The molecule has 0 saturated carbocycles. The van der Waals surface area contributed by atoms with Gasteiger partial charge in [0.15, 0.2) is 10.9 Å². The molecule has 0 unspecified atom stereocenters. The van der Waals surface area contributed by atoms with Crippen molar-refractivity contribution in [3.63, 3.8) is 0 Å². The SMILES string of the molecule is CCN1C(=Nc2cccnc2)SC[C@]1(O)c1ccc(C)cc1. The van der Waals surface area contributed by atoms with Gasteiger partial charge in [-0.3, -0.25) is 4.98 Å². The van der Waals surface area contributed by atoms with E-state index in [1.807, 2.05) is 55.1 Å². The molecule has 1 fully saturated rings. The third-order valence-corrected chi connectivity index (χ3v) is 4.90. The summed E-state index contributed by atoms with van der Waals surface area (Å²) in [6.07, 6.45) is 3.45. The quantitative estimate of drug-likeness (QED) is 0.944. The number of hydrogen-bond donors (Lipinski definition) is 1. The molecule has 1 aliphatic rings. The van der Waals surface area contributed by atoms with Crippen molar-refractivity contribution < 1.29 is 5.11 Å². The number of rotatable bonds is 3. The molecule has 4 nitrogen and oxygen atoms in total. The van der Waals surface area contributed by atoms with Crippen molar-refractivity contribution in [3.8, 4) is 0 Å². The molecule has 0 amide bonds. The normalized spacial score (nSPS) is 23.2. The molecule has 1 saturated heterocycles. The molecule has 22 heavy (non-hydrogen) atoms. The maximum atomic E-state index is 11.2. The first-order valence-electron chi connectivity index (χ1n) is 7.32.